The van der Waals surface area contributed by atoms with Crippen LogP contribution in [0, 0.1) is 5.92 Å². The van der Waals surface area contributed by atoms with Crippen molar-refractivity contribution in [2.24, 2.45) is 5.92 Å². The Hall–Kier alpha value is -1.68. The minimum absolute atomic E-state index is 0.205. The molecule has 0 amide bonds. The number of ether oxygens (including phenoxy) is 2. The summed E-state index contributed by atoms with van der Waals surface area (Å²) < 4.78 is 10.2. The molecule has 1 aliphatic carbocycles. The summed E-state index contributed by atoms with van der Waals surface area (Å²) in [5.41, 5.74) is 2.20. The van der Waals surface area contributed by atoms with Crippen LogP contribution in [0.5, 0.6) is 5.88 Å². The molecule has 0 saturated carbocycles. The Labute approximate surface area is 113 Å². The zero-order valence-corrected chi connectivity index (χ0v) is 11.2. The first-order chi connectivity index (χ1) is 9.33. The predicted molar refractivity (Wildman–Crippen MR) is 72.7 cm³/mol. The van der Waals surface area contributed by atoms with E-state index in [1.54, 1.807) is 7.11 Å². The van der Waals surface area contributed by atoms with Crippen molar-refractivity contribution in [1.82, 2.24) is 4.98 Å². The maximum atomic E-state index is 10.5. The molecular weight excluding hydrogens is 242 g/mol. The Morgan fingerprint density at radius 1 is 1.47 bits per heavy atom. The monoisotopic (exact) mass is 261 g/mol. The number of methoxy groups -OCH3 is 1. The van der Waals surface area contributed by atoms with Crippen LogP contribution in [0.2, 0.25) is 0 Å². The van der Waals surface area contributed by atoms with Crippen LogP contribution < -0.4 is 4.74 Å². The van der Waals surface area contributed by atoms with Crippen LogP contribution in [0.1, 0.15) is 31.4 Å². The fourth-order valence-electron chi connectivity index (χ4n) is 2.26. The number of aldehydes is 1. The summed E-state index contributed by atoms with van der Waals surface area (Å²) in [7, 11) is 1.58. The van der Waals surface area contributed by atoms with Crippen LogP contribution in [-0.2, 0) is 9.53 Å². The topological polar surface area (TPSA) is 48.4 Å². The smallest absolute Gasteiger partial charge is 0.215 e. The van der Waals surface area contributed by atoms with Crippen molar-refractivity contribution in [2.75, 3.05) is 13.9 Å². The SMILES string of the molecule is COCOc1cccc(C2=CCC(CC=O)CC2)n1. The van der Waals surface area contributed by atoms with Crippen molar-refractivity contribution < 1.29 is 14.3 Å². The predicted octanol–water partition coefficient (Wildman–Crippen LogP) is 2.84. The lowest BCUT2D eigenvalue weighted by Crippen LogP contribution is -2.07. The standard InChI is InChI=1S/C15H19NO3/c1-18-11-19-15-4-2-3-14(16-15)13-7-5-12(6-8-13)9-10-17/h2-4,7,10,12H,5-6,8-9,11H2,1H3. The van der Waals surface area contributed by atoms with E-state index >= 15 is 0 Å². The first kappa shape index (κ1) is 13.7. The third kappa shape index (κ3) is 3.89. The van der Waals surface area contributed by atoms with Crippen molar-refractivity contribution in [1.29, 1.82) is 0 Å². The highest BCUT2D eigenvalue weighted by Gasteiger charge is 2.16. The van der Waals surface area contributed by atoms with Gasteiger partial charge in [0.15, 0.2) is 6.79 Å². The molecule has 0 fully saturated rings. The van der Waals surface area contributed by atoms with Crippen LogP contribution in [0.3, 0.4) is 0 Å². The van der Waals surface area contributed by atoms with Crippen molar-refractivity contribution in [2.45, 2.75) is 25.7 Å². The van der Waals surface area contributed by atoms with E-state index in [-0.39, 0.29) is 6.79 Å². The molecule has 0 aliphatic heterocycles. The zero-order chi connectivity index (χ0) is 13.5. The summed E-state index contributed by atoms with van der Waals surface area (Å²) in [5.74, 6) is 1.07. The molecule has 1 unspecified atom stereocenters. The minimum atomic E-state index is 0.205. The summed E-state index contributed by atoms with van der Waals surface area (Å²) in [6.07, 6.45) is 6.85. The van der Waals surface area contributed by atoms with Crippen molar-refractivity contribution in [3.8, 4) is 5.88 Å². The molecule has 1 aromatic rings. The van der Waals surface area contributed by atoms with E-state index in [1.807, 2.05) is 18.2 Å². The fourth-order valence-corrected chi connectivity index (χ4v) is 2.26. The van der Waals surface area contributed by atoms with E-state index in [9.17, 15) is 4.79 Å². The first-order valence-corrected chi connectivity index (χ1v) is 6.55. The number of hydrogen-bond donors (Lipinski definition) is 0. The molecule has 0 spiro atoms. The molecule has 0 radical (unpaired) electrons. The van der Waals surface area contributed by atoms with E-state index in [0.29, 0.717) is 18.2 Å². The number of carbonyl (C=O) groups is 1. The lowest BCUT2D eigenvalue weighted by atomic mass is 9.86. The molecule has 19 heavy (non-hydrogen) atoms. The second kappa shape index (κ2) is 7.04. The van der Waals surface area contributed by atoms with Crippen molar-refractivity contribution in [3.63, 3.8) is 0 Å². The molecular formula is C15H19NO3. The van der Waals surface area contributed by atoms with Gasteiger partial charge in [-0.1, -0.05) is 12.1 Å². The van der Waals surface area contributed by atoms with E-state index < -0.39 is 0 Å². The molecule has 1 aromatic heterocycles. The van der Waals surface area contributed by atoms with E-state index in [2.05, 4.69) is 11.1 Å². The number of carbonyl (C=O) groups excluding carboxylic acids is 1. The Bertz CT molecular complexity index is 456. The number of pyridine rings is 1. The maximum Gasteiger partial charge on any atom is 0.215 e. The highest BCUT2D eigenvalue weighted by Crippen LogP contribution is 2.31. The molecule has 102 valence electrons. The average molecular weight is 261 g/mol. The van der Waals surface area contributed by atoms with Crippen LogP contribution in [0.15, 0.2) is 24.3 Å². The second-order valence-corrected chi connectivity index (χ2v) is 4.68. The molecule has 0 saturated heterocycles. The Morgan fingerprint density at radius 2 is 2.37 bits per heavy atom. The molecule has 0 N–H and O–H groups in total. The molecule has 0 bridgehead atoms. The number of aromatic nitrogens is 1. The summed E-state index contributed by atoms with van der Waals surface area (Å²) in [4.78, 5) is 15.0. The second-order valence-electron chi connectivity index (χ2n) is 4.68. The number of hydrogen-bond acceptors (Lipinski definition) is 4. The highest BCUT2D eigenvalue weighted by molar-refractivity contribution is 5.64. The zero-order valence-electron chi connectivity index (χ0n) is 11.2. The lowest BCUT2D eigenvalue weighted by molar-refractivity contribution is -0.108. The van der Waals surface area contributed by atoms with Gasteiger partial charge in [-0.2, -0.15) is 0 Å². The van der Waals surface area contributed by atoms with Crippen molar-refractivity contribution in [3.05, 3.63) is 30.0 Å². The van der Waals surface area contributed by atoms with Crippen LogP contribution in [0.25, 0.3) is 5.57 Å². The summed E-state index contributed by atoms with van der Waals surface area (Å²) in [6, 6.07) is 5.75. The van der Waals surface area contributed by atoms with Gasteiger partial charge in [-0.3, -0.25) is 0 Å². The number of allylic oxidation sites excluding steroid dienone is 2. The van der Waals surface area contributed by atoms with Gasteiger partial charge in [0, 0.05) is 19.6 Å². The third-order valence-corrected chi connectivity index (χ3v) is 3.33. The average Bonchev–Trinajstić information content (AvgIpc) is 2.46. The van der Waals surface area contributed by atoms with Gasteiger partial charge in [-0.25, -0.2) is 4.98 Å². The van der Waals surface area contributed by atoms with Crippen molar-refractivity contribution >= 4 is 11.9 Å². The minimum Gasteiger partial charge on any atom is -0.451 e. The Balaban J connectivity index is 2.03. The van der Waals surface area contributed by atoms with Crippen LogP contribution in [-0.4, -0.2) is 25.2 Å². The fraction of sp³-hybridized carbons (Fsp3) is 0.467. The summed E-state index contributed by atoms with van der Waals surface area (Å²) in [6.45, 7) is 0.205. The van der Waals surface area contributed by atoms with Gasteiger partial charge >= 0.3 is 0 Å². The molecule has 4 heteroatoms. The first-order valence-electron chi connectivity index (χ1n) is 6.55. The van der Waals surface area contributed by atoms with Gasteiger partial charge in [0.2, 0.25) is 5.88 Å². The van der Waals surface area contributed by atoms with Gasteiger partial charge in [0.25, 0.3) is 0 Å². The third-order valence-electron chi connectivity index (χ3n) is 3.33. The van der Waals surface area contributed by atoms with Gasteiger partial charge in [-0.05, 0) is 36.8 Å². The van der Waals surface area contributed by atoms with Gasteiger partial charge in [0.05, 0.1) is 5.69 Å². The molecule has 2 rings (SSSR count). The quantitative estimate of drug-likeness (QED) is 0.583. The molecule has 1 atom stereocenters. The van der Waals surface area contributed by atoms with Gasteiger partial charge in [-0.15, -0.1) is 0 Å². The molecule has 1 aliphatic rings. The maximum absolute atomic E-state index is 10.5. The van der Waals surface area contributed by atoms with E-state index in [4.69, 9.17) is 9.47 Å². The van der Waals surface area contributed by atoms with E-state index in [0.717, 1.165) is 31.2 Å². The van der Waals surface area contributed by atoms with Crippen LogP contribution >= 0.6 is 0 Å². The largest absolute Gasteiger partial charge is 0.451 e. The molecule has 4 nitrogen and oxygen atoms in total. The number of rotatable bonds is 6. The lowest BCUT2D eigenvalue weighted by Gasteiger charge is -2.19. The van der Waals surface area contributed by atoms with Gasteiger partial charge < -0.3 is 14.3 Å². The normalized spacial score (nSPS) is 18.8. The summed E-state index contributed by atoms with van der Waals surface area (Å²) >= 11 is 0. The Kier molecular flexibility index (Phi) is 5.10. The molecule has 0 aromatic carbocycles. The van der Waals surface area contributed by atoms with Crippen LogP contribution in [0.4, 0.5) is 0 Å². The van der Waals surface area contributed by atoms with E-state index in [1.165, 1.54) is 5.57 Å². The molecule has 1 heterocycles. The summed E-state index contributed by atoms with van der Waals surface area (Å²) in [5, 5.41) is 0. The Morgan fingerprint density at radius 3 is 3.05 bits per heavy atom. The number of nitrogens with zero attached hydrogens (tertiary/aromatic N) is 1. The van der Waals surface area contributed by atoms with Gasteiger partial charge in [0.1, 0.15) is 6.29 Å². The highest BCUT2D eigenvalue weighted by atomic mass is 16.7.